The molecule has 3 aliphatic rings. The average Bonchev–Trinajstić information content (AvgIpc) is 3.09. The summed E-state index contributed by atoms with van der Waals surface area (Å²) >= 11 is 0. The maximum Gasteiger partial charge on any atom is 0.253 e. The van der Waals surface area contributed by atoms with Crippen LogP contribution in [0, 0.1) is 0 Å². The van der Waals surface area contributed by atoms with Crippen LogP contribution in [0.15, 0.2) is 48.5 Å². The van der Waals surface area contributed by atoms with Gasteiger partial charge >= 0.3 is 0 Å². The number of hydrogen-bond acceptors (Lipinski definition) is 13. The van der Waals surface area contributed by atoms with E-state index < -0.39 is 108 Å². The molecule has 14 nitrogen and oxygen atoms in total. The number of carbonyl (C=O) groups is 4. The fraction of sp³-hybridized carbons (Fsp3) is 0.371. The number of fused-ring (bicyclic) bond motifs is 3. The first-order chi connectivity index (χ1) is 23.3. The van der Waals surface area contributed by atoms with Crippen LogP contribution in [0.3, 0.4) is 0 Å². The van der Waals surface area contributed by atoms with Crippen LogP contribution in [-0.4, -0.2) is 97.8 Å². The van der Waals surface area contributed by atoms with E-state index in [0.717, 1.165) is 0 Å². The number of carbonyl (C=O) groups excluding carboxylic acids is 4. The van der Waals surface area contributed by atoms with Gasteiger partial charge in [0.05, 0.1) is 42.0 Å². The number of nitrogens with one attached hydrogen (secondary N) is 1. The summed E-state index contributed by atoms with van der Waals surface area (Å²) in [5, 5.41) is 68.4. The Morgan fingerprint density at radius 1 is 1.02 bits per heavy atom. The number of aliphatic hydroxyl groups excluding tert-OH is 3. The van der Waals surface area contributed by atoms with Crippen molar-refractivity contribution >= 4 is 23.3 Å². The normalized spacial score (nSPS) is 26.6. The topological polar surface area (TPSA) is 229 Å². The second-order valence-electron chi connectivity index (χ2n) is 12.4. The molecule has 3 aromatic carbocycles. The summed E-state index contributed by atoms with van der Waals surface area (Å²) in [5.41, 5.74) is -3.78. The Kier molecular flexibility index (Phi) is 9.04. The van der Waals surface area contributed by atoms with Gasteiger partial charge in [0.25, 0.3) is 5.91 Å². The van der Waals surface area contributed by atoms with Crippen molar-refractivity contribution < 1.29 is 64.0 Å². The molecule has 0 spiro atoms. The lowest BCUT2D eigenvalue weighted by molar-refractivity contribution is -0.249. The van der Waals surface area contributed by atoms with E-state index in [0.29, 0.717) is 5.56 Å². The van der Waals surface area contributed by atoms with E-state index in [9.17, 15) is 49.8 Å². The Balaban J connectivity index is 1.38. The van der Waals surface area contributed by atoms with Crippen molar-refractivity contribution in [3.8, 4) is 17.2 Å². The number of hydrogen-bond donors (Lipinski definition) is 7. The first kappa shape index (κ1) is 34.2. The number of ketones is 3. The zero-order valence-corrected chi connectivity index (χ0v) is 26.5. The van der Waals surface area contributed by atoms with Gasteiger partial charge in [0.1, 0.15) is 35.6 Å². The monoisotopic (exact) mass is 677 g/mol. The molecule has 5 unspecified atom stereocenters. The van der Waals surface area contributed by atoms with Crippen LogP contribution in [0.25, 0.3) is 0 Å². The molecule has 1 fully saturated rings. The first-order valence-electron chi connectivity index (χ1n) is 15.6. The number of aliphatic hydroxyl groups is 4. The Hall–Kier alpha value is -4.70. The minimum Gasteiger partial charge on any atom is -0.507 e. The smallest absolute Gasteiger partial charge is 0.253 e. The predicted molar refractivity (Wildman–Crippen MR) is 167 cm³/mol. The SMILES string of the molecule is COc1cccc2c1C(=O)c1c(O)c3c(c(O)c1C2=O)C[C@@](O)(C(=O)CO)C[C@@H]3OC1CC(NC(=O)C(O)c2ccccc2)C(O)C(C)O1. The van der Waals surface area contributed by atoms with Crippen molar-refractivity contribution in [2.24, 2.45) is 0 Å². The van der Waals surface area contributed by atoms with Gasteiger partial charge in [0, 0.05) is 36.0 Å². The van der Waals surface area contributed by atoms with Gasteiger partial charge in [0.15, 0.2) is 24.0 Å². The third-order valence-corrected chi connectivity index (χ3v) is 9.45. The van der Waals surface area contributed by atoms with Crippen LogP contribution in [-0.2, 0) is 25.5 Å². The second-order valence-corrected chi connectivity index (χ2v) is 12.4. The Morgan fingerprint density at radius 2 is 1.71 bits per heavy atom. The van der Waals surface area contributed by atoms with E-state index >= 15 is 0 Å². The third kappa shape index (κ3) is 5.75. The molecule has 0 saturated carbocycles. The molecule has 49 heavy (non-hydrogen) atoms. The molecule has 1 saturated heterocycles. The molecule has 7 atom stereocenters. The minimum atomic E-state index is -2.35. The number of phenolic OH excluding ortho intramolecular Hbond substituents is 2. The number of benzene rings is 3. The molecule has 6 rings (SSSR count). The molecule has 3 aromatic rings. The summed E-state index contributed by atoms with van der Waals surface area (Å²) < 4.78 is 17.3. The van der Waals surface area contributed by atoms with Crippen molar-refractivity contribution in [2.75, 3.05) is 13.7 Å². The van der Waals surface area contributed by atoms with Gasteiger partial charge in [-0.2, -0.15) is 0 Å². The molecular formula is C35H35NO13. The number of Topliss-reactive ketones (excluding diaryl/α,β-unsaturated/α-hetero) is 1. The van der Waals surface area contributed by atoms with Crippen LogP contribution >= 0.6 is 0 Å². The quantitative estimate of drug-likeness (QED) is 0.129. The minimum absolute atomic E-state index is 0.0578. The van der Waals surface area contributed by atoms with E-state index in [1.807, 2.05) is 0 Å². The molecule has 0 radical (unpaired) electrons. The summed E-state index contributed by atoms with van der Waals surface area (Å²) in [6, 6.07) is 11.4. The summed E-state index contributed by atoms with van der Waals surface area (Å²) in [6.07, 6.45) is -7.94. The summed E-state index contributed by atoms with van der Waals surface area (Å²) in [4.78, 5) is 53.3. The van der Waals surface area contributed by atoms with Crippen LogP contribution in [0.4, 0.5) is 0 Å². The fourth-order valence-corrected chi connectivity index (χ4v) is 6.91. The lowest BCUT2D eigenvalue weighted by Gasteiger charge is -2.43. The maximum atomic E-state index is 13.9. The zero-order chi connectivity index (χ0) is 35.4. The van der Waals surface area contributed by atoms with Gasteiger partial charge in [0.2, 0.25) is 5.78 Å². The Labute approximate surface area is 279 Å². The van der Waals surface area contributed by atoms with Gasteiger partial charge in [-0.15, -0.1) is 0 Å². The lowest BCUT2D eigenvalue weighted by atomic mass is 9.72. The van der Waals surface area contributed by atoms with Crippen molar-refractivity contribution in [3.05, 3.63) is 87.5 Å². The van der Waals surface area contributed by atoms with Gasteiger partial charge in [-0.25, -0.2) is 0 Å². The molecule has 7 N–H and O–H groups in total. The van der Waals surface area contributed by atoms with Gasteiger partial charge in [-0.05, 0) is 18.6 Å². The van der Waals surface area contributed by atoms with Crippen molar-refractivity contribution in [1.29, 1.82) is 0 Å². The third-order valence-electron chi connectivity index (χ3n) is 9.45. The zero-order valence-electron chi connectivity index (χ0n) is 26.5. The van der Waals surface area contributed by atoms with Crippen LogP contribution in [0.1, 0.15) is 80.5 Å². The highest BCUT2D eigenvalue weighted by Crippen LogP contribution is 2.52. The Bertz CT molecular complexity index is 1840. The van der Waals surface area contributed by atoms with Crippen molar-refractivity contribution in [3.63, 3.8) is 0 Å². The molecule has 1 heterocycles. The molecule has 14 heteroatoms. The number of rotatable bonds is 8. The summed E-state index contributed by atoms with van der Waals surface area (Å²) in [5.74, 6) is -4.91. The molecular weight excluding hydrogens is 642 g/mol. The number of ether oxygens (including phenoxy) is 3. The molecule has 2 aliphatic carbocycles. The predicted octanol–water partition coefficient (Wildman–Crippen LogP) is 0.892. The lowest BCUT2D eigenvalue weighted by Crippen LogP contribution is -2.56. The molecule has 258 valence electrons. The van der Waals surface area contributed by atoms with E-state index in [1.165, 1.54) is 32.2 Å². The summed E-state index contributed by atoms with van der Waals surface area (Å²) in [7, 11) is 1.30. The number of phenols is 2. The summed E-state index contributed by atoms with van der Waals surface area (Å²) in [6.45, 7) is 0.421. The fourth-order valence-electron chi connectivity index (χ4n) is 6.91. The highest BCUT2D eigenvalue weighted by Gasteiger charge is 2.50. The number of aromatic hydroxyl groups is 2. The maximum absolute atomic E-state index is 13.9. The number of methoxy groups -OCH3 is 1. The van der Waals surface area contributed by atoms with Gasteiger partial charge in [-0.3, -0.25) is 19.2 Å². The second kappa shape index (κ2) is 13.0. The standard InChI is InChI=1S/C35H35NO13/c1-15-28(39)19(36-34(45)29(40)16-7-4-3-5-8-16)11-23(48-15)49-21-13-35(46,22(38)14-37)12-18-25(21)33(44)27-26(31(18)42)30(41)17-9-6-10-20(47-2)24(17)32(27)43/h3-10,15,19,21,23,28-29,37,39-40,42,44,46H,11-14H2,1-2H3,(H,36,45)/t15?,19?,21-,23?,28?,29?,35-/m0/s1. The Morgan fingerprint density at radius 3 is 2.39 bits per heavy atom. The highest BCUT2D eigenvalue weighted by atomic mass is 16.7. The number of amides is 1. The van der Waals surface area contributed by atoms with E-state index in [1.54, 1.807) is 30.3 Å². The van der Waals surface area contributed by atoms with E-state index in [4.69, 9.17) is 14.2 Å². The van der Waals surface area contributed by atoms with Crippen molar-refractivity contribution in [1.82, 2.24) is 5.32 Å². The highest BCUT2D eigenvalue weighted by molar-refractivity contribution is 6.31. The molecule has 0 bridgehead atoms. The average molecular weight is 678 g/mol. The van der Waals surface area contributed by atoms with Crippen molar-refractivity contribution in [2.45, 2.75) is 68.5 Å². The van der Waals surface area contributed by atoms with Crippen LogP contribution in [0.5, 0.6) is 17.2 Å². The van der Waals surface area contributed by atoms with E-state index in [2.05, 4.69) is 5.32 Å². The van der Waals surface area contributed by atoms with Crippen LogP contribution < -0.4 is 10.1 Å². The van der Waals surface area contributed by atoms with Gasteiger partial charge in [-0.1, -0.05) is 42.5 Å². The van der Waals surface area contributed by atoms with Crippen LogP contribution in [0.2, 0.25) is 0 Å². The molecule has 0 aromatic heterocycles. The van der Waals surface area contributed by atoms with Gasteiger partial charge < -0.3 is 50.2 Å². The first-order valence-corrected chi connectivity index (χ1v) is 15.6. The largest absolute Gasteiger partial charge is 0.507 e. The molecule has 1 amide bonds. The molecule has 1 aliphatic heterocycles. The van der Waals surface area contributed by atoms with E-state index in [-0.39, 0.29) is 34.4 Å².